The second-order valence-electron chi connectivity index (χ2n) is 7.56. The number of aryl methyl sites for hydroxylation is 3. The van der Waals surface area contributed by atoms with Gasteiger partial charge in [-0.3, -0.25) is 4.79 Å². The third-order valence-corrected chi connectivity index (χ3v) is 5.96. The molecule has 1 amide bonds. The highest BCUT2D eigenvalue weighted by molar-refractivity contribution is 5.93. The van der Waals surface area contributed by atoms with E-state index in [1.807, 2.05) is 4.90 Å². The molecule has 0 saturated carbocycles. The quantitative estimate of drug-likeness (QED) is 0.911. The van der Waals surface area contributed by atoms with Crippen molar-refractivity contribution < 1.29 is 9.32 Å². The Morgan fingerprint density at radius 1 is 1.04 bits per heavy atom. The van der Waals surface area contributed by atoms with Crippen LogP contribution in [0.2, 0.25) is 0 Å². The normalized spacial score (nSPS) is 22.7. The zero-order valence-electron chi connectivity index (χ0n) is 14.5. The zero-order chi connectivity index (χ0) is 16.8. The first kappa shape index (κ1) is 15.2. The summed E-state index contributed by atoms with van der Waals surface area (Å²) in [6.07, 6.45) is 10.7. The molecule has 2 aromatic rings. The smallest absolute Gasteiger partial charge is 0.293 e. The maximum atomic E-state index is 13.2. The van der Waals surface area contributed by atoms with Crippen molar-refractivity contribution in [1.82, 2.24) is 20.0 Å². The van der Waals surface area contributed by atoms with Crippen molar-refractivity contribution in [2.75, 3.05) is 6.54 Å². The summed E-state index contributed by atoms with van der Waals surface area (Å²) in [6.45, 7) is 0.768. The third kappa shape index (κ3) is 2.50. The van der Waals surface area contributed by atoms with Gasteiger partial charge in [0.15, 0.2) is 0 Å². The fraction of sp³-hybridized carbons (Fsp3) is 0.632. The molecule has 0 spiro atoms. The van der Waals surface area contributed by atoms with Gasteiger partial charge in [-0.1, -0.05) is 5.16 Å². The molecule has 132 valence electrons. The van der Waals surface area contributed by atoms with Gasteiger partial charge in [-0.25, -0.2) is 4.98 Å². The number of hydrogen-bond donors (Lipinski definition) is 1. The van der Waals surface area contributed by atoms with Gasteiger partial charge in [0, 0.05) is 17.8 Å². The number of rotatable bonds is 2. The van der Waals surface area contributed by atoms with Crippen LogP contribution in [0.3, 0.4) is 0 Å². The van der Waals surface area contributed by atoms with Gasteiger partial charge in [-0.15, -0.1) is 0 Å². The Hall–Kier alpha value is -2.11. The fourth-order valence-corrected chi connectivity index (χ4v) is 4.62. The molecule has 1 atom stereocenters. The second kappa shape index (κ2) is 6.00. The lowest BCUT2D eigenvalue weighted by atomic mass is 9.96. The number of likely N-dealkylation sites (tertiary alicyclic amines) is 1. The summed E-state index contributed by atoms with van der Waals surface area (Å²) in [4.78, 5) is 23.5. The molecule has 6 nitrogen and oxygen atoms in total. The molecule has 2 aromatic heterocycles. The summed E-state index contributed by atoms with van der Waals surface area (Å²) in [5.74, 6) is 1.43. The molecule has 1 N–H and O–H groups in total. The number of fused-ring (bicyclic) bond motifs is 2. The molecule has 5 rings (SSSR count). The molecular weight excluding hydrogens is 316 g/mol. The highest BCUT2D eigenvalue weighted by atomic mass is 16.5. The number of aromatic amines is 1. The van der Waals surface area contributed by atoms with Crippen LogP contribution in [0.4, 0.5) is 0 Å². The Kier molecular flexibility index (Phi) is 3.64. The fourth-order valence-electron chi connectivity index (χ4n) is 4.62. The SMILES string of the molecule is O=C(c1onc2c1CCCC2)N1CCCC1c1nc2c([nH]1)CCCC2. The van der Waals surface area contributed by atoms with E-state index >= 15 is 0 Å². The molecule has 0 aromatic carbocycles. The first-order valence-electron chi connectivity index (χ1n) is 9.67. The van der Waals surface area contributed by atoms with Gasteiger partial charge in [-0.05, 0) is 64.2 Å². The van der Waals surface area contributed by atoms with Crippen molar-refractivity contribution in [3.63, 3.8) is 0 Å². The minimum Gasteiger partial charge on any atom is -0.350 e. The Morgan fingerprint density at radius 3 is 2.72 bits per heavy atom. The number of hydrogen-bond acceptors (Lipinski definition) is 4. The van der Waals surface area contributed by atoms with E-state index in [9.17, 15) is 4.79 Å². The highest BCUT2D eigenvalue weighted by Crippen LogP contribution is 2.35. The lowest BCUT2D eigenvalue weighted by Crippen LogP contribution is -2.31. The molecule has 25 heavy (non-hydrogen) atoms. The number of aromatic nitrogens is 3. The van der Waals surface area contributed by atoms with Crippen molar-refractivity contribution in [2.45, 2.75) is 70.3 Å². The van der Waals surface area contributed by atoms with E-state index in [2.05, 4.69) is 10.1 Å². The minimum absolute atomic E-state index is 0.00692. The summed E-state index contributed by atoms with van der Waals surface area (Å²) >= 11 is 0. The molecule has 0 radical (unpaired) electrons. The molecule has 1 fully saturated rings. The van der Waals surface area contributed by atoms with Gasteiger partial charge in [0.2, 0.25) is 5.76 Å². The number of H-pyrrole nitrogens is 1. The van der Waals surface area contributed by atoms with E-state index in [0.717, 1.165) is 75.0 Å². The van der Waals surface area contributed by atoms with Crippen LogP contribution in [0, 0.1) is 0 Å². The summed E-state index contributed by atoms with van der Waals surface area (Å²) in [5, 5.41) is 4.15. The molecule has 3 aliphatic rings. The number of carbonyl (C=O) groups excluding carboxylic acids is 1. The summed E-state index contributed by atoms with van der Waals surface area (Å²) in [7, 11) is 0. The van der Waals surface area contributed by atoms with Crippen LogP contribution in [0.15, 0.2) is 4.52 Å². The van der Waals surface area contributed by atoms with Crippen LogP contribution in [-0.4, -0.2) is 32.5 Å². The van der Waals surface area contributed by atoms with E-state index in [0.29, 0.717) is 5.76 Å². The van der Waals surface area contributed by atoms with E-state index < -0.39 is 0 Å². The Bertz CT molecular complexity index is 783. The van der Waals surface area contributed by atoms with Crippen molar-refractivity contribution in [3.05, 3.63) is 34.2 Å². The maximum absolute atomic E-state index is 13.2. The summed E-state index contributed by atoms with van der Waals surface area (Å²) < 4.78 is 5.49. The first-order valence-corrected chi connectivity index (χ1v) is 9.67. The van der Waals surface area contributed by atoms with Crippen molar-refractivity contribution >= 4 is 5.91 Å². The van der Waals surface area contributed by atoms with Crippen LogP contribution in [0.25, 0.3) is 0 Å². The van der Waals surface area contributed by atoms with Crippen LogP contribution in [0.1, 0.15) is 83.6 Å². The summed E-state index contributed by atoms with van der Waals surface area (Å²) in [5.41, 5.74) is 4.51. The van der Waals surface area contributed by atoms with Gasteiger partial charge in [-0.2, -0.15) is 0 Å². The molecule has 1 saturated heterocycles. The Labute approximate surface area is 147 Å². The number of amides is 1. The average Bonchev–Trinajstić information content (AvgIpc) is 3.37. The second-order valence-corrected chi connectivity index (χ2v) is 7.56. The van der Waals surface area contributed by atoms with Crippen LogP contribution >= 0.6 is 0 Å². The summed E-state index contributed by atoms with van der Waals surface area (Å²) in [6, 6.07) is 0.0439. The topological polar surface area (TPSA) is 75.0 Å². The van der Waals surface area contributed by atoms with Gasteiger partial charge in [0.25, 0.3) is 5.91 Å². The van der Waals surface area contributed by atoms with Gasteiger partial charge < -0.3 is 14.4 Å². The van der Waals surface area contributed by atoms with Gasteiger partial charge >= 0.3 is 0 Å². The zero-order valence-corrected chi connectivity index (χ0v) is 14.5. The monoisotopic (exact) mass is 340 g/mol. The average molecular weight is 340 g/mol. The number of nitrogens with zero attached hydrogens (tertiary/aromatic N) is 3. The largest absolute Gasteiger partial charge is 0.350 e. The Morgan fingerprint density at radius 2 is 1.84 bits per heavy atom. The maximum Gasteiger partial charge on any atom is 0.293 e. The van der Waals surface area contributed by atoms with E-state index in [1.165, 1.54) is 24.2 Å². The van der Waals surface area contributed by atoms with Crippen LogP contribution < -0.4 is 0 Å². The number of carbonyl (C=O) groups is 1. The van der Waals surface area contributed by atoms with Crippen molar-refractivity contribution in [1.29, 1.82) is 0 Å². The van der Waals surface area contributed by atoms with Gasteiger partial charge in [0.1, 0.15) is 5.82 Å². The molecule has 2 aliphatic carbocycles. The molecule has 3 heterocycles. The van der Waals surface area contributed by atoms with E-state index in [1.54, 1.807) is 0 Å². The first-order chi connectivity index (χ1) is 12.3. The highest BCUT2D eigenvalue weighted by Gasteiger charge is 2.37. The van der Waals surface area contributed by atoms with E-state index in [4.69, 9.17) is 9.51 Å². The minimum atomic E-state index is -0.00692. The van der Waals surface area contributed by atoms with Crippen LogP contribution in [0.5, 0.6) is 0 Å². The molecular formula is C19H24N4O2. The molecule has 1 aliphatic heterocycles. The lowest BCUT2D eigenvalue weighted by molar-refractivity contribution is 0.0686. The van der Waals surface area contributed by atoms with Gasteiger partial charge in [0.05, 0.1) is 17.4 Å². The van der Waals surface area contributed by atoms with Crippen molar-refractivity contribution in [2.24, 2.45) is 0 Å². The Balaban J connectivity index is 1.44. The predicted molar refractivity (Wildman–Crippen MR) is 91.4 cm³/mol. The third-order valence-electron chi connectivity index (χ3n) is 5.96. The van der Waals surface area contributed by atoms with E-state index in [-0.39, 0.29) is 11.9 Å². The van der Waals surface area contributed by atoms with Crippen LogP contribution in [-0.2, 0) is 25.7 Å². The standard InChI is InChI=1S/C19H24N4O2/c24-19(17-12-6-1-2-7-13(12)22-25-17)23-11-5-10-16(23)18-20-14-8-3-4-9-15(14)21-18/h16H,1-11H2,(H,20,21). The molecule has 0 bridgehead atoms. The number of imidazole rings is 1. The lowest BCUT2D eigenvalue weighted by Gasteiger charge is -2.22. The predicted octanol–water partition coefficient (Wildman–Crippen LogP) is 3.13. The molecule has 6 heteroatoms. The van der Waals surface area contributed by atoms with Crippen molar-refractivity contribution in [3.8, 4) is 0 Å². The molecule has 1 unspecified atom stereocenters. The number of nitrogens with one attached hydrogen (secondary N) is 1.